The van der Waals surface area contributed by atoms with Gasteiger partial charge in [-0.2, -0.15) is 9.29 Å². The number of aryl methyl sites for hydroxylation is 1. The lowest BCUT2D eigenvalue weighted by atomic mass is 9.97. The van der Waals surface area contributed by atoms with Crippen molar-refractivity contribution in [1.82, 2.24) is 14.4 Å². The van der Waals surface area contributed by atoms with Crippen LogP contribution in [0.4, 0.5) is 0 Å². The zero-order valence-corrected chi connectivity index (χ0v) is 17.0. The molecule has 1 fully saturated rings. The molecule has 4 rings (SSSR count). The van der Waals surface area contributed by atoms with E-state index >= 15 is 0 Å². The standard InChI is InChI=1S/C18H18ClN3O3S2/c1-12-4-2-3-5-14(12)18-20-17(21-25-18)13-8-10-22(11-9-13)27(23,24)16-7-6-15(19)26-16/h2-7,13H,8-11H2,1H3. The van der Waals surface area contributed by atoms with E-state index in [1.807, 2.05) is 31.2 Å². The fraction of sp³-hybridized carbons (Fsp3) is 0.333. The number of thiophene rings is 1. The molecule has 3 heterocycles. The Kier molecular flexibility index (Phi) is 5.07. The van der Waals surface area contributed by atoms with Gasteiger partial charge in [0.15, 0.2) is 5.82 Å². The van der Waals surface area contributed by atoms with E-state index in [-0.39, 0.29) is 10.1 Å². The Morgan fingerprint density at radius 1 is 1.19 bits per heavy atom. The number of sulfonamides is 1. The van der Waals surface area contributed by atoms with Crippen LogP contribution in [0.5, 0.6) is 0 Å². The van der Waals surface area contributed by atoms with E-state index in [1.165, 1.54) is 4.31 Å². The third-order valence-corrected chi connectivity index (χ3v) is 8.38. The second-order valence-electron chi connectivity index (χ2n) is 6.51. The summed E-state index contributed by atoms with van der Waals surface area (Å²) in [5.41, 5.74) is 1.99. The van der Waals surface area contributed by atoms with Crippen LogP contribution >= 0.6 is 22.9 Å². The lowest BCUT2D eigenvalue weighted by Crippen LogP contribution is -2.37. The minimum absolute atomic E-state index is 0.0879. The smallest absolute Gasteiger partial charge is 0.258 e. The van der Waals surface area contributed by atoms with Crippen LogP contribution in [0.3, 0.4) is 0 Å². The van der Waals surface area contributed by atoms with Gasteiger partial charge in [-0.05, 0) is 43.5 Å². The molecule has 0 N–H and O–H groups in total. The van der Waals surface area contributed by atoms with E-state index in [2.05, 4.69) is 10.1 Å². The maximum atomic E-state index is 12.7. The highest BCUT2D eigenvalue weighted by atomic mass is 35.5. The molecule has 9 heteroatoms. The lowest BCUT2D eigenvalue weighted by Gasteiger charge is -2.29. The molecule has 3 aromatic rings. The van der Waals surface area contributed by atoms with E-state index in [0.29, 0.717) is 42.0 Å². The summed E-state index contributed by atoms with van der Waals surface area (Å²) in [6.45, 7) is 2.85. The first-order valence-corrected chi connectivity index (χ1v) is 11.2. The lowest BCUT2D eigenvalue weighted by molar-refractivity contribution is 0.307. The zero-order chi connectivity index (χ0) is 19.0. The molecule has 1 aliphatic heterocycles. The normalized spacial score (nSPS) is 16.7. The van der Waals surface area contributed by atoms with E-state index in [4.69, 9.17) is 16.1 Å². The van der Waals surface area contributed by atoms with Crippen LogP contribution < -0.4 is 0 Å². The molecule has 0 bridgehead atoms. The summed E-state index contributed by atoms with van der Waals surface area (Å²) in [6.07, 6.45) is 1.32. The third kappa shape index (κ3) is 3.67. The van der Waals surface area contributed by atoms with Crippen molar-refractivity contribution >= 4 is 33.0 Å². The Labute approximate surface area is 166 Å². The SMILES string of the molecule is Cc1ccccc1-c1nc(C2CCN(S(=O)(=O)c3ccc(Cl)s3)CC2)no1. The third-order valence-electron chi connectivity index (χ3n) is 4.78. The van der Waals surface area contributed by atoms with Gasteiger partial charge in [0.25, 0.3) is 15.9 Å². The topological polar surface area (TPSA) is 76.3 Å². The summed E-state index contributed by atoms with van der Waals surface area (Å²) in [7, 11) is -3.49. The largest absolute Gasteiger partial charge is 0.334 e. The quantitative estimate of drug-likeness (QED) is 0.624. The molecule has 0 atom stereocenters. The van der Waals surface area contributed by atoms with Crippen LogP contribution in [0.15, 0.2) is 45.1 Å². The molecule has 6 nitrogen and oxygen atoms in total. The first-order chi connectivity index (χ1) is 12.9. The van der Waals surface area contributed by atoms with Crippen molar-refractivity contribution in [3.63, 3.8) is 0 Å². The summed E-state index contributed by atoms with van der Waals surface area (Å²) in [6, 6.07) is 11.0. The molecule has 27 heavy (non-hydrogen) atoms. The molecule has 0 radical (unpaired) electrons. The summed E-state index contributed by atoms with van der Waals surface area (Å²) < 4.78 is 33.1. The molecule has 1 saturated heterocycles. The first-order valence-electron chi connectivity index (χ1n) is 8.60. The van der Waals surface area contributed by atoms with Gasteiger partial charge in [-0.15, -0.1) is 11.3 Å². The van der Waals surface area contributed by atoms with Gasteiger partial charge in [0.2, 0.25) is 0 Å². The number of hydrogen-bond donors (Lipinski definition) is 0. The first kappa shape index (κ1) is 18.6. The molecule has 0 spiro atoms. The van der Waals surface area contributed by atoms with E-state index in [1.54, 1.807) is 12.1 Å². The van der Waals surface area contributed by atoms with Crippen LogP contribution in [0, 0.1) is 6.92 Å². The fourth-order valence-electron chi connectivity index (χ4n) is 3.24. The van der Waals surface area contributed by atoms with Gasteiger partial charge < -0.3 is 4.52 Å². The maximum Gasteiger partial charge on any atom is 0.258 e. The summed E-state index contributed by atoms with van der Waals surface area (Å²) in [4.78, 5) is 4.55. The number of piperidine rings is 1. The van der Waals surface area contributed by atoms with Gasteiger partial charge in [-0.3, -0.25) is 0 Å². The van der Waals surface area contributed by atoms with Crippen molar-refractivity contribution in [3.8, 4) is 11.5 Å². The van der Waals surface area contributed by atoms with E-state index < -0.39 is 10.0 Å². The van der Waals surface area contributed by atoms with Crippen molar-refractivity contribution in [2.75, 3.05) is 13.1 Å². The maximum absolute atomic E-state index is 12.7. The Balaban J connectivity index is 1.46. The van der Waals surface area contributed by atoms with Gasteiger partial charge in [-0.1, -0.05) is 35.0 Å². The predicted octanol–water partition coefficient (Wildman–Crippen LogP) is 4.33. The van der Waals surface area contributed by atoms with Crippen LogP contribution in [-0.2, 0) is 10.0 Å². The van der Waals surface area contributed by atoms with Crippen molar-refractivity contribution < 1.29 is 12.9 Å². The predicted molar refractivity (Wildman–Crippen MR) is 105 cm³/mol. The van der Waals surface area contributed by atoms with Gasteiger partial charge in [0.1, 0.15) is 4.21 Å². The minimum Gasteiger partial charge on any atom is -0.334 e. The average molecular weight is 424 g/mol. The zero-order valence-electron chi connectivity index (χ0n) is 14.6. The fourth-order valence-corrected chi connectivity index (χ4v) is 6.35. The van der Waals surface area contributed by atoms with Crippen molar-refractivity contribution in [2.24, 2.45) is 0 Å². The molecule has 0 amide bonds. The molecule has 142 valence electrons. The van der Waals surface area contributed by atoms with Crippen LogP contribution in [0.25, 0.3) is 11.5 Å². The van der Waals surface area contributed by atoms with Crippen LogP contribution in [0.2, 0.25) is 4.34 Å². The van der Waals surface area contributed by atoms with Crippen LogP contribution in [-0.4, -0.2) is 36.0 Å². The van der Waals surface area contributed by atoms with Gasteiger partial charge in [0, 0.05) is 24.6 Å². The van der Waals surface area contributed by atoms with E-state index in [0.717, 1.165) is 22.5 Å². The summed E-state index contributed by atoms with van der Waals surface area (Å²) in [5, 5.41) is 4.14. The van der Waals surface area contributed by atoms with Crippen molar-refractivity contribution in [2.45, 2.75) is 29.9 Å². The number of aromatic nitrogens is 2. The molecule has 0 aliphatic carbocycles. The number of rotatable bonds is 4. The number of halogens is 1. The monoisotopic (exact) mass is 423 g/mol. The Morgan fingerprint density at radius 2 is 1.93 bits per heavy atom. The van der Waals surface area contributed by atoms with Crippen molar-refractivity contribution in [3.05, 3.63) is 52.1 Å². The molecule has 2 aromatic heterocycles. The van der Waals surface area contributed by atoms with Crippen LogP contribution in [0.1, 0.15) is 30.1 Å². The molecule has 1 aliphatic rings. The number of nitrogens with zero attached hydrogens (tertiary/aromatic N) is 3. The van der Waals surface area contributed by atoms with E-state index in [9.17, 15) is 8.42 Å². The Morgan fingerprint density at radius 3 is 2.59 bits per heavy atom. The highest BCUT2D eigenvalue weighted by Crippen LogP contribution is 2.33. The van der Waals surface area contributed by atoms with Gasteiger partial charge in [0.05, 0.1) is 4.34 Å². The summed E-state index contributed by atoms with van der Waals surface area (Å²) in [5.74, 6) is 1.24. The second kappa shape index (κ2) is 7.35. The molecular weight excluding hydrogens is 406 g/mol. The minimum atomic E-state index is -3.49. The van der Waals surface area contributed by atoms with Gasteiger partial charge in [-0.25, -0.2) is 8.42 Å². The highest BCUT2D eigenvalue weighted by Gasteiger charge is 2.32. The molecule has 1 aromatic carbocycles. The Hall–Kier alpha value is -1.74. The molecular formula is C18H18ClN3O3S2. The number of hydrogen-bond acceptors (Lipinski definition) is 6. The molecule has 0 unspecified atom stereocenters. The second-order valence-corrected chi connectivity index (χ2v) is 10.4. The average Bonchev–Trinajstić information content (AvgIpc) is 3.32. The molecule has 0 saturated carbocycles. The highest BCUT2D eigenvalue weighted by molar-refractivity contribution is 7.91. The van der Waals surface area contributed by atoms with Gasteiger partial charge >= 0.3 is 0 Å². The van der Waals surface area contributed by atoms with Crippen molar-refractivity contribution in [1.29, 1.82) is 0 Å². The summed E-state index contributed by atoms with van der Waals surface area (Å²) >= 11 is 6.97. The Bertz CT molecular complexity index is 1050. The number of benzene rings is 1.